The van der Waals surface area contributed by atoms with E-state index in [4.69, 9.17) is 10.3 Å². The first-order valence-electron chi connectivity index (χ1n) is 7.82. The number of benzene rings is 2. The Morgan fingerprint density at radius 1 is 1.17 bits per heavy atom. The van der Waals surface area contributed by atoms with Crippen molar-refractivity contribution in [2.45, 2.75) is 25.1 Å². The molecule has 2 rings (SSSR count). The molecule has 0 heterocycles. The number of nitrogens with one attached hydrogen (secondary N) is 1. The van der Waals surface area contributed by atoms with Crippen molar-refractivity contribution < 1.29 is 9.84 Å². The van der Waals surface area contributed by atoms with E-state index in [0.29, 0.717) is 19.5 Å². The van der Waals surface area contributed by atoms with Gasteiger partial charge in [-0.15, -0.1) is 0 Å². The van der Waals surface area contributed by atoms with Gasteiger partial charge in [-0.2, -0.15) is 0 Å². The molecule has 6 nitrogen and oxygen atoms in total. The third-order valence-corrected chi connectivity index (χ3v) is 3.75. The molecule has 0 spiro atoms. The van der Waals surface area contributed by atoms with Gasteiger partial charge in [-0.25, -0.2) is 0 Å². The number of aliphatic hydroxyl groups excluding tert-OH is 1. The van der Waals surface area contributed by atoms with Crippen molar-refractivity contribution in [2.75, 3.05) is 13.7 Å². The molecule has 2 unspecified atom stereocenters. The molecule has 126 valence electrons. The minimum atomic E-state index is -0.758. The molecule has 0 aliphatic rings. The van der Waals surface area contributed by atoms with E-state index >= 15 is 0 Å². The third-order valence-electron chi connectivity index (χ3n) is 3.75. The van der Waals surface area contributed by atoms with Crippen LogP contribution in [-0.2, 0) is 13.0 Å². The lowest BCUT2D eigenvalue weighted by Gasteiger charge is -2.19. The predicted octanol–water partition coefficient (Wildman–Crippen LogP) is 3.07. The molecule has 2 N–H and O–H groups in total. The SMILES string of the molecule is COc1cccc(CNCC(O)C(Cc2ccccc2)N=[N+]=[N-])c1. The summed E-state index contributed by atoms with van der Waals surface area (Å²) in [6.45, 7) is 0.941. The number of hydrogen-bond donors (Lipinski definition) is 2. The van der Waals surface area contributed by atoms with Gasteiger partial charge in [0.25, 0.3) is 0 Å². The highest BCUT2D eigenvalue weighted by molar-refractivity contribution is 5.28. The van der Waals surface area contributed by atoms with Gasteiger partial charge in [0.2, 0.25) is 0 Å². The van der Waals surface area contributed by atoms with Gasteiger partial charge in [0, 0.05) is 18.0 Å². The second-order valence-corrected chi connectivity index (χ2v) is 5.51. The van der Waals surface area contributed by atoms with Gasteiger partial charge in [0.1, 0.15) is 5.75 Å². The van der Waals surface area contributed by atoms with Crippen LogP contribution in [0.4, 0.5) is 0 Å². The van der Waals surface area contributed by atoms with Gasteiger partial charge in [-0.1, -0.05) is 47.6 Å². The first kappa shape index (κ1) is 17.8. The first-order chi connectivity index (χ1) is 11.7. The molecule has 0 fully saturated rings. The number of methoxy groups -OCH3 is 1. The zero-order valence-corrected chi connectivity index (χ0v) is 13.7. The van der Waals surface area contributed by atoms with Crippen LogP contribution < -0.4 is 10.1 Å². The number of ether oxygens (including phenoxy) is 1. The Morgan fingerprint density at radius 2 is 1.92 bits per heavy atom. The van der Waals surface area contributed by atoms with Crippen LogP contribution in [0, 0.1) is 0 Å². The van der Waals surface area contributed by atoms with E-state index in [0.717, 1.165) is 16.9 Å². The number of hydrogen-bond acceptors (Lipinski definition) is 4. The normalized spacial score (nSPS) is 12.9. The van der Waals surface area contributed by atoms with Crippen LogP contribution in [0.5, 0.6) is 5.75 Å². The zero-order valence-electron chi connectivity index (χ0n) is 13.7. The fraction of sp³-hybridized carbons (Fsp3) is 0.333. The number of azide groups is 1. The summed E-state index contributed by atoms with van der Waals surface area (Å²) >= 11 is 0. The maximum atomic E-state index is 10.3. The van der Waals surface area contributed by atoms with Crippen molar-refractivity contribution in [3.05, 3.63) is 76.2 Å². The molecule has 0 amide bonds. The van der Waals surface area contributed by atoms with Crippen molar-refractivity contribution in [1.82, 2.24) is 5.32 Å². The molecule has 0 bridgehead atoms. The molecule has 0 aliphatic heterocycles. The number of nitrogens with zero attached hydrogens (tertiary/aromatic N) is 3. The Hall–Kier alpha value is -2.53. The van der Waals surface area contributed by atoms with Crippen molar-refractivity contribution >= 4 is 0 Å². The summed E-state index contributed by atoms with van der Waals surface area (Å²) in [5.41, 5.74) is 10.8. The molecule has 0 aliphatic carbocycles. The summed E-state index contributed by atoms with van der Waals surface area (Å²) in [5, 5.41) is 17.3. The van der Waals surface area contributed by atoms with Gasteiger partial charge < -0.3 is 15.2 Å². The van der Waals surface area contributed by atoms with Crippen molar-refractivity contribution in [3.8, 4) is 5.75 Å². The van der Waals surface area contributed by atoms with E-state index in [1.807, 2.05) is 54.6 Å². The van der Waals surface area contributed by atoms with Crippen LogP contribution in [0.2, 0.25) is 0 Å². The largest absolute Gasteiger partial charge is 0.497 e. The minimum absolute atomic E-state index is 0.341. The molecule has 24 heavy (non-hydrogen) atoms. The average molecular weight is 326 g/mol. The Bertz CT molecular complexity index is 672. The lowest BCUT2D eigenvalue weighted by atomic mass is 10.0. The van der Waals surface area contributed by atoms with E-state index in [9.17, 15) is 5.11 Å². The van der Waals surface area contributed by atoms with Crippen LogP contribution in [-0.4, -0.2) is 30.9 Å². The highest BCUT2D eigenvalue weighted by Crippen LogP contribution is 2.13. The Kier molecular flexibility index (Phi) is 7.11. The lowest BCUT2D eigenvalue weighted by Crippen LogP contribution is -2.36. The maximum absolute atomic E-state index is 10.3. The van der Waals surface area contributed by atoms with E-state index in [2.05, 4.69) is 15.3 Å². The fourth-order valence-electron chi connectivity index (χ4n) is 2.46. The third kappa shape index (κ3) is 5.59. The van der Waals surface area contributed by atoms with Crippen LogP contribution in [0.15, 0.2) is 59.7 Å². The van der Waals surface area contributed by atoms with Crippen molar-refractivity contribution in [3.63, 3.8) is 0 Å². The minimum Gasteiger partial charge on any atom is -0.497 e. The summed E-state index contributed by atoms with van der Waals surface area (Å²) in [6.07, 6.45) is -0.251. The van der Waals surface area contributed by atoms with Gasteiger partial charge in [0.05, 0.1) is 19.3 Å². The second-order valence-electron chi connectivity index (χ2n) is 5.51. The summed E-state index contributed by atoms with van der Waals surface area (Å²) in [6, 6.07) is 16.9. The van der Waals surface area contributed by atoms with Crippen LogP contribution in [0.25, 0.3) is 10.4 Å². The van der Waals surface area contributed by atoms with Crippen LogP contribution in [0.1, 0.15) is 11.1 Å². The Morgan fingerprint density at radius 3 is 2.62 bits per heavy atom. The summed E-state index contributed by atoms with van der Waals surface area (Å²) in [7, 11) is 1.63. The van der Waals surface area contributed by atoms with Crippen LogP contribution >= 0.6 is 0 Å². The monoisotopic (exact) mass is 326 g/mol. The highest BCUT2D eigenvalue weighted by atomic mass is 16.5. The summed E-state index contributed by atoms with van der Waals surface area (Å²) in [4.78, 5) is 2.86. The molecule has 6 heteroatoms. The van der Waals surface area contributed by atoms with Gasteiger partial charge in [0.15, 0.2) is 0 Å². The van der Waals surface area contributed by atoms with Gasteiger partial charge >= 0.3 is 0 Å². The molecule has 0 aromatic heterocycles. The van der Waals surface area contributed by atoms with E-state index in [-0.39, 0.29) is 0 Å². The molecule has 2 aromatic carbocycles. The van der Waals surface area contributed by atoms with Crippen molar-refractivity contribution in [1.29, 1.82) is 0 Å². The van der Waals surface area contributed by atoms with E-state index in [1.54, 1.807) is 7.11 Å². The summed E-state index contributed by atoms with van der Waals surface area (Å²) < 4.78 is 5.19. The standard InChI is InChI=1S/C18H22N4O2/c1-24-16-9-5-8-15(10-16)12-20-13-18(23)17(21-22-19)11-14-6-3-2-4-7-14/h2-10,17-18,20,23H,11-13H2,1H3. The maximum Gasteiger partial charge on any atom is 0.119 e. The predicted molar refractivity (Wildman–Crippen MR) is 93.8 cm³/mol. The highest BCUT2D eigenvalue weighted by Gasteiger charge is 2.18. The quantitative estimate of drug-likeness (QED) is 0.421. The van der Waals surface area contributed by atoms with Gasteiger partial charge in [-0.3, -0.25) is 0 Å². The fourth-order valence-corrected chi connectivity index (χ4v) is 2.46. The zero-order chi connectivity index (χ0) is 17.2. The van der Waals surface area contributed by atoms with Crippen molar-refractivity contribution in [2.24, 2.45) is 5.11 Å². The van der Waals surface area contributed by atoms with E-state index in [1.165, 1.54) is 0 Å². The van der Waals surface area contributed by atoms with Gasteiger partial charge in [-0.05, 0) is 35.2 Å². The topological polar surface area (TPSA) is 90.2 Å². The number of rotatable bonds is 9. The number of aliphatic hydroxyl groups is 1. The summed E-state index contributed by atoms with van der Waals surface area (Å²) in [5.74, 6) is 0.797. The molecule has 0 saturated carbocycles. The molecular weight excluding hydrogens is 304 g/mol. The lowest BCUT2D eigenvalue weighted by molar-refractivity contribution is 0.141. The molecule has 0 saturated heterocycles. The Labute approximate surface area is 141 Å². The molecule has 2 atom stereocenters. The average Bonchev–Trinajstić information content (AvgIpc) is 2.62. The first-order valence-corrected chi connectivity index (χ1v) is 7.82. The second kappa shape index (κ2) is 9.57. The molecule has 2 aromatic rings. The Balaban J connectivity index is 1.88. The molecular formula is C18H22N4O2. The van der Waals surface area contributed by atoms with E-state index < -0.39 is 12.1 Å². The van der Waals surface area contributed by atoms with Crippen LogP contribution in [0.3, 0.4) is 0 Å². The molecule has 0 radical (unpaired) electrons. The smallest absolute Gasteiger partial charge is 0.119 e.